The number of halogens is 1. The third kappa shape index (κ3) is 3.15. The van der Waals surface area contributed by atoms with Gasteiger partial charge in [-0.05, 0) is 43.2 Å². The minimum atomic E-state index is -0.160. The summed E-state index contributed by atoms with van der Waals surface area (Å²) < 4.78 is 0. The highest BCUT2D eigenvalue weighted by atomic mass is 35.5. The third-order valence-corrected chi connectivity index (χ3v) is 4.27. The first kappa shape index (κ1) is 15.4. The van der Waals surface area contributed by atoms with Crippen molar-refractivity contribution in [2.24, 2.45) is 0 Å². The number of benzene rings is 2. The Balaban J connectivity index is 1.76. The van der Waals surface area contributed by atoms with Crippen LogP contribution in [-0.4, -0.2) is 18.5 Å². The molecule has 0 saturated carbocycles. The number of nitrogens with zero attached hydrogens (tertiary/aromatic N) is 2. The Hall–Kier alpha value is -2.51. The van der Waals surface area contributed by atoms with Gasteiger partial charge in [-0.2, -0.15) is 5.26 Å². The number of hydrogen-bond donors (Lipinski definition) is 1. The number of rotatable bonds is 3. The van der Waals surface area contributed by atoms with Crippen molar-refractivity contribution in [1.82, 2.24) is 0 Å². The molecule has 2 aromatic rings. The van der Waals surface area contributed by atoms with Gasteiger partial charge in [0.1, 0.15) is 6.07 Å². The zero-order valence-corrected chi connectivity index (χ0v) is 13.5. The van der Waals surface area contributed by atoms with Crippen molar-refractivity contribution in [3.63, 3.8) is 0 Å². The van der Waals surface area contributed by atoms with E-state index in [2.05, 4.69) is 29.3 Å². The van der Waals surface area contributed by atoms with E-state index in [1.807, 2.05) is 18.2 Å². The van der Waals surface area contributed by atoms with Crippen LogP contribution in [0.1, 0.15) is 18.1 Å². The largest absolute Gasteiger partial charge is 0.359 e. The Bertz CT molecular complexity index is 797. The van der Waals surface area contributed by atoms with Gasteiger partial charge in [-0.15, -0.1) is 0 Å². The molecule has 2 aromatic carbocycles. The topological polar surface area (TPSA) is 56.1 Å². The van der Waals surface area contributed by atoms with Crippen LogP contribution >= 0.6 is 11.6 Å². The van der Waals surface area contributed by atoms with E-state index < -0.39 is 0 Å². The second-order valence-electron chi connectivity index (χ2n) is 5.66. The maximum atomic E-state index is 12.4. The molecule has 1 unspecified atom stereocenters. The molecule has 1 amide bonds. The summed E-state index contributed by atoms with van der Waals surface area (Å²) >= 11 is 5.95. The number of anilines is 2. The summed E-state index contributed by atoms with van der Waals surface area (Å²) in [6.45, 7) is 2.35. The average molecular weight is 326 g/mol. The first-order valence-corrected chi connectivity index (χ1v) is 7.80. The number of nitriles is 1. The van der Waals surface area contributed by atoms with Gasteiger partial charge in [0, 0.05) is 16.8 Å². The van der Waals surface area contributed by atoms with Crippen molar-refractivity contribution in [2.45, 2.75) is 19.4 Å². The molecule has 0 spiro atoms. The predicted octanol–water partition coefficient (Wildman–Crippen LogP) is 3.60. The maximum Gasteiger partial charge on any atom is 0.243 e. The Labute approximate surface area is 140 Å². The minimum absolute atomic E-state index is 0.160. The van der Waals surface area contributed by atoms with E-state index in [0.717, 1.165) is 12.1 Å². The fraction of sp³-hybridized carbons (Fsp3) is 0.222. The van der Waals surface area contributed by atoms with Crippen LogP contribution in [0.3, 0.4) is 0 Å². The van der Waals surface area contributed by atoms with E-state index in [4.69, 9.17) is 16.9 Å². The van der Waals surface area contributed by atoms with Gasteiger partial charge in [-0.3, -0.25) is 4.79 Å². The Morgan fingerprint density at radius 3 is 2.96 bits per heavy atom. The van der Waals surface area contributed by atoms with Gasteiger partial charge in [0.2, 0.25) is 5.91 Å². The number of hydrogen-bond acceptors (Lipinski definition) is 3. The van der Waals surface area contributed by atoms with Gasteiger partial charge in [0.05, 0.1) is 17.8 Å². The highest BCUT2D eigenvalue weighted by Gasteiger charge is 2.27. The summed E-state index contributed by atoms with van der Waals surface area (Å²) in [6, 6.07) is 15.3. The van der Waals surface area contributed by atoms with Crippen molar-refractivity contribution in [1.29, 1.82) is 5.26 Å². The molecule has 1 aliphatic heterocycles. The smallest absolute Gasteiger partial charge is 0.243 e. The molecule has 0 aliphatic carbocycles. The van der Waals surface area contributed by atoms with Crippen molar-refractivity contribution in [2.75, 3.05) is 16.8 Å². The van der Waals surface area contributed by atoms with E-state index >= 15 is 0 Å². The Kier molecular flexibility index (Phi) is 4.22. The predicted molar refractivity (Wildman–Crippen MR) is 91.8 cm³/mol. The van der Waals surface area contributed by atoms with Crippen molar-refractivity contribution in [3.8, 4) is 6.07 Å². The van der Waals surface area contributed by atoms with Crippen LogP contribution in [0.5, 0.6) is 0 Å². The van der Waals surface area contributed by atoms with Crippen LogP contribution in [-0.2, 0) is 11.2 Å². The molecule has 0 radical (unpaired) electrons. The third-order valence-electron chi connectivity index (χ3n) is 4.04. The number of amides is 1. The molecule has 116 valence electrons. The van der Waals surface area contributed by atoms with Crippen molar-refractivity contribution < 1.29 is 4.79 Å². The molecule has 1 atom stereocenters. The lowest BCUT2D eigenvalue weighted by Gasteiger charge is -2.24. The van der Waals surface area contributed by atoms with Gasteiger partial charge in [0.15, 0.2) is 0 Å². The number of carbonyl (C=O) groups is 1. The standard InChI is InChI=1S/C18H16ClN3O/c1-12-8-13-4-2-3-5-17(13)22(12)11-18(23)21-16-9-15(19)7-6-14(16)10-20/h2-7,9,12H,8,11H2,1H3,(H,21,23). The molecule has 0 fully saturated rings. The molecular formula is C18H16ClN3O. The first-order chi connectivity index (χ1) is 11.1. The number of carbonyl (C=O) groups excluding carboxylic acids is 1. The molecule has 0 saturated heterocycles. The molecule has 1 heterocycles. The van der Waals surface area contributed by atoms with Crippen molar-refractivity contribution in [3.05, 3.63) is 58.6 Å². The summed E-state index contributed by atoms with van der Waals surface area (Å²) in [6.07, 6.45) is 0.935. The molecule has 4 nitrogen and oxygen atoms in total. The summed E-state index contributed by atoms with van der Waals surface area (Å²) in [4.78, 5) is 14.5. The number of para-hydroxylation sites is 1. The van der Waals surface area contributed by atoms with Gasteiger partial charge in [-0.1, -0.05) is 29.8 Å². The highest BCUT2D eigenvalue weighted by molar-refractivity contribution is 6.31. The van der Waals surface area contributed by atoms with Crippen molar-refractivity contribution >= 4 is 28.9 Å². The van der Waals surface area contributed by atoms with E-state index in [0.29, 0.717) is 16.3 Å². The second kappa shape index (κ2) is 6.31. The molecule has 3 rings (SSSR count). The summed E-state index contributed by atoms with van der Waals surface area (Å²) in [5.41, 5.74) is 3.21. The lowest BCUT2D eigenvalue weighted by atomic mass is 10.1. The van der Waals surface area contributed by atoms with Crippen LogP contribution in [0.15, 0.2) is 42.5 Å². The Morgan fingerprint density at radius 2 is 2.17 bits per heavy atom. The van der Waals surface area contributed by atoms with Crippen LogP contribution in [0.25, 0.3) is 0 Å². The maximum absolute atomic E-state index is 12.4. The van der Waals surface area contributed by atoms with Gasteiger partial charge in [0.25, 0.3) is 0 Å². The summed E-state index contributed by atoms with van der Waals surface area (Å²) in [5, 5.41) is 12.4. The molecule has 0 bridgehead atoms. The first-order valence-electron chi connectivity index (χ1n) is 7.42. The van der Waals surface area contributed by atoms with E-state index in [1.54, 1.807) is 18.2 Å². The minimum Gasteiger partial charge on any atom is -0.359 e. The molecular weight excluding hydrogens is 310 g/mol. The number of fused-ring (bicyclic) bond motifs is 1. The van der Waals surface area contributed by atoms with E-state index in [9.17, 15) is 4.79 Å². The Morgan fingerprint density at radius 1 is 1.39 bits per heavy atom. The molecule has 5 heteroatoms. The fourth-order valence-electron chi connectivity index (χ4n) is 2.93. The average Bonchev–Trinajstić information content (AvgIpc) is 2.83. The van der Waals surface area contributed by atoms with Gasteiger partial charge >= 0.3 is 0 Å². The monoisotopic (exact) mass is 325 g/mol. The molecule has 23 heavy (non-hydrogen) atoms. The molecule has 1 aliphatic rings. The molecule has 0 aromatic heterocycles. The van der Waals surface area contributed by atoms with Gasteiger partial charge < -0.3 is 10.2 Å². The lowest BCUT2D eigenvalue weighted by Crippen LogP contribution is -2.37. The SMILES string of the molecule is CC1Cc2ccccc2N1CC(=O)Nc1cc(Cl)ccc1C#N. The van der Waals surface area contributed by atoms with Crippen LogP contribution in [0.4, 0.5) is 11.4 Å². The second-order valence-corrected chi connectivity index (χ2v) is 6.10. The van der Waals surface area contributed by atoms with Crippen LogP contribution in [0.2, 0.25) is 5.02 Å². The summed E-state index contributed by atoms with van der Waals surface area (Å²) in [7, 11) is 0. The molecule has 1 N–H and O–H groups in total. The summed E-state index contributed by atoms with van der Waals surface area (Å²) in [5.74, 6) is -0.160. The van der Waals surface area contributed by atoms with Crippen LogP contribution < -0.4 is 10.2 Å². The number of nitrogens with one attached hydrogen (secondary N) is 1. The zero-order valence-electron chi connectivity index (χ0n) is 12.7. The fourth-order valence-corrected chi connectivity index (χ4v) is 3.10. The van der Waals surface area contributed by atoms with Crippen LogP contribution in [0, 0.1) is 11.3 Å². The highest BCUT2D eigenvalue weighted by Crippen LogP contribution is 2.31. The quantitative estimate of drug-likeness (QED) is 0.938. The van der Waals surface area contributed by atoms with E-state index in [1.165, 1.54) is 5.56 Å². The van der Waals surface area contributed by atoms with Gasteiger partial charge in [-0.25, -0.2) is 0 Å². The normalized spacial score (nSPS) is 15.9. The lowest BCUT2D eigenvalue weighted by molar-refractivity contribution is -0.115. The zero-order chi connectivity index (χ0) is 16.4. The van der Waals surface area contributed by atoms with E-state index in [-0.39, 0.29) is 18.5 Å².